The molecule has 0 unspecified atom stereocenters. The molecule has 0 aliphatic heterocycles. The average molecular weight is 440 g/mol. The lowest BCUT2D eigenvalue weighted by atomic mass is 10.2. The van der Waals surface area contributed by atoms with E-state index in [0.29, 0.717) is 23.0 Å². The fourth-order valence-corrected chi connectivity index (χ4v) is 3.83. The molecule has 0 aliphatic rings. The predicted molar refractivity (Wildman–Crippen MR) is 116 cm³/mol. The van der Waals surface area contributed by atoms with Crippen LogP contribution in [0.1, 0.15) is 25.6 Å². The molecule has 2 aromatic carbocycles. The smallest absolute Gasteiger partial charge is 0.257 e. The predicted octanol–water partition coefficient (Wildman–Crippen LogP) is 5.24. The van der Waals surface area contributed by atoms with Gasteiger partial charge in [-0.05, 0) is 55.0 Å². The van der Waals surface area contributed by atoms with Gasteiger partial charge in [0.05, 0.1) is 12.9 Å². The normalized spacial score (nSPS) is 11.1. The molecule has 9 heteroatoms. The second kappa shape index (κ2) is 9.74. The van der Waals surface area contributed by atoms with Crippen molar-refractivity contribution in [2.24, 2.45) is 0 Å². The number of nitrogens with zero attached hydrogens (tertiary/aromatic N) is 5. The number of halogens is 1. The first-order chi connectivity index (χ1) is 15.2. The van der Waals surface area contributed by atoms with Gasteiger partial charge in [-0.25, -0.2) is 4.39 Å². The Labute approximate surface area is 183 Å². The first-order valence-corrected chi connectivity index (χ1v) is 11.0. The maximum absolute atomic E-state index is 13.1. The molecule has 0 bridgehead atoms. The summed E-state index contributed by atoms with van der Waals surface area (Å²) in [5.41, 5.74) is 1.66. The zero-order valence-corrected chi connectivity index (χ0v) is 18.1. The van der Waals surface area contributed by atoms with Crippen molar-refractivity contribution < 1.29 is 13.7 Å². The minimum atomic E-state index is -0.307. The lowest BCUT2D eigenvalue weighted by molar-refractivity contribution is 0.415. The molecule has 2 heterocycles. The van der Waals surface area contributed by atoms with Gasteiger partial charge in [-0.2, -0.15) is 4.98 Å². The van der Waals surface area contributed by atoms with Crippen molar-refractivity contribution in [2.45, 2.75) is 37.2 Å². The van der Waals surface area contributed by atoms with E-state index < -0.39 is 0 Å². The maximum atomic E-state index is 13.1. The summed E-state index contributed by atoms with van der Waals surface area (Å²) < 4.78 is 25.8. The highest BCUT2D eigenvalue weighted by Crippen LogP contribution is 2.28. The highest BCUT2D eigenvalue weighted by molar-refractivity contribution is 7.98. The average Bonchev–Trinajstić information content (AvgIpc) is 3.44. The van der Waals surface area contributed by atoms with E-state index in [1.807, 2.05) is 24.3 Å². The summed E-state index contributed by atoms with van der Waals surface area (Å²) in [5.74, 6) is 2.70. The van der Waals surface area contributed by atoms with E-state index in [1.54, 1.807) is 19.2 Å². The molecule has 0 radical (unpaired) electrons. The molecule has 2 aromatic heterocycles. The second-order valence-electron chi connectivity index (χ2n) is 6.85. The zero-order valence-electron chi connectivity index (χ0n) is 17.3. The molecule has 0 N–H and O–H groups in total. The van der Waals surface area contributed by atoms with Crippen LogP contribution in [0.25, 0.3) is 22.8 Å². The standard InChI is InChI=1S/C22H22FN5O2S/c1-3-4-13-28-20(15-7-11-18(29-2)12-8-15)25-26-22(28)31-14-19-24-21(30-27-19)16-5-9-17(23)10-6-16/h5-12H,3-4,13-14H2,1-2H3. The molecular formula is C22H22FN5O2S. The molecule has 4 rings (SSSR count). The van der Waals surface area contributed by atoms with Crippen LogP contribution in [0.3, 0.4) is 0 Å². The molecule has 7 nitrogen and oxygen atoms in total. The van der Waals surface area contributed by atoms with Crippen LogP contribution in [0.15, 0.2) is 58.2 Å². The van der Waals surface area contributed by atoms with Crippen molar-refractivity contribution in [1.29, 1.82) is 0 Å². The molecule has 0 spiro atoms. The topological polar surface area (TPSA) is 78.9 Å². The van der Waals surface area contributed by atoms with Crippen molar-refractivity contribution in [3.8, 4) is 28.6 Å². The van der Waals surface area contributed by atoms with Gasteiger partial charge in [0.15, 0.2) is 16.8 Å². The zero-order chi connectivity index (χ0) is 21.6. The number of methoxy groups -OCH3 is 1. The number of aromatic nitrogens is 5. The van der Waals surface area contributed by atoms with Crippen molar-refractivity contribution in [2.75, 3.05) is 7.11 Å². The third-order valence-corrected chi connectivity index (χ3v) is 5.65. The lowest BCUT2D eigenvalue weighted by Gasteiger charge is -2.09. The van der Waals surface area contributed by atoms with Crippen LogP contribution in [0, 0.1) is 5.82 Å². The van der Waals surface area contributed by atoms with Gasteiger partial charge in [0.2, 0.25) is 0 Å². The molecule has 0 aliphatic carbocycles. The summed E-state index contributed by atoms with van der Waals surface area (Å²) in [4.78, 5) is 4.41. The summed E-state index contributed by atoms with van der Waals surface area (Å²) in [6.07, 6.45) is 2.09. The number of unbranched alkanes of at least 4 members (excludes halogenated alkanes) is 1. The van der Waals surface area contributed by atoms with E-state index in [-0.39, 0.29) is 5.82 Å². The number of benzene rings is 2. The van der Waals surface area contributed by atoms with E-state index in [9.17, 15) is 4.39 Å². The Morgan fingerprint density at radius 1 is 1.03 bits per heavy atom. The van der Waals surface area contributed by atoms with Crippen LogP contribution in [-0.4, -0.2) is 32.0 Å². The monoisotopic (exact) mass is 439 g/mol. The van der Waals surface area contributed by atoms with Crippen LogP contribution in [0.5, 0.6) is 5.75 Å². The van der Waals surface area contributed by atoms with Gasteiger partial charge in [0.1, 0.15) is 11.6 Å². The van der Waals surface area contributed by atoms with E-state index in [1.165, 1.54) is 23.9 Å². The third-order valence-electron chi connectivity index (χ3n) is 4.69. The summed E-state index contributed by atoms with van der Waals surface area (Å²) in [6, 6.07) is 13.7. The Morgan fingerprint density at radius 3 is 2.48 bits per heavy atom. The quantitative estimate of drug-likeness (QED) is 0.330. The molecule has 31 heavy (non-hydrogen) atoms. The molecule has 4 aromatic rings. The number of hydrogen-bond donors (Lipinski definition) is 0. The summed E-state index contributed by atoms with van der Waals surface area (Å²) in [5, 5.41) is 13.6. The molecular weight excluding hydrogens is 417 g/mol. The number of thioether (sulfide) groups is 1. The Bertz CT molecular complexity index is 1130. The molecule has 0 fully saturated rings. The lowest BCUT2D eigenvalue weighted by Crippen LogP contribution is -2.03. The number of ether oxygens (including phenoxy) is 1. The van der Waals surface area contributed by atoms with Crippen molar-refractivity contribution in [3.05, 3.63) is 60.2 Å². The SMILES string of the molecule is CCCCn1c(SCc2noc(-c3ccc(F)cc3)n2)nnc1-c1ccc(OC)cc1. The highest BCUT2D eigenvalue weighted by atomic mass is 32.2. The van der Waals surface area contributed by atoms with Gasteiger partial charge >= 0.3 is 0 Å². The van der Waals surface area contributed by atoms with Crippen molar-refractivity contribution >= 4 is 11.8 Å². The summed E-state index contributed by atoms with van der Waals surface area (Å²) in [7, 11) is 1.65. The second-order valence-corrected chi connectivity index (χ2v) is 7.79. The first kappa shape index (κ1) is 21.0. The van der Waals surface area contributed by atoms with E-state index in [2.05, 4.69) is 31.8 Å². The minimum Gasteiger partial charge on any atom is -0.497 e. The Hall–Kier alpha value is -3.20. The fourth-order valence-electron chi connectivity index (χ4n) is 3.02. The van der Waals surface area contributed by atoms with Crippen LogP contribution in [0.2, 0.25) is 0 Å². The Morgan fingerprint density at radius 2 is 1.77 bits per heavy atom. The largest absolute Gasteiger partial charge is 0.497 e. The molecule has 0 saturated carbocycles. The fraction of sp³-hybridized carbons (Fsp3) is 0.273. The minimum absolute atomic E-state index is 0.307. The maximum Gasteiger partial charge on any atom is 0.257 e. The molecule has 0 saturated heterocycles. The van der Waals surface area contributed by atoms with Crippen LogP contribution in [-0.2, 0) is 12.3 Å². The van der Waals surface area contributed by atoms with Gasteiger partial charge in [0, 0.05) is 17.7 Å². The van der Waals surface area contributed by atoms with Crippen molar-refractivity contribution in [1.82, 2.24) is 24.9 Å². The summed E-state index contributed by atoms with van der Waals surface area (Å²) in [6.45, 7) is 2.97. The molecule has 0 amide bonds. The summed E-state index contributed by atoms with van der Waals surface area (Å²) >= 11 is 1.50. The van der Waals surface area contributed by atoms with E-state index in [4.69, 9.17) is 9.26 Å². The van der Waals surface area contributed by atoms with Crippen LogP contribution >= 0.6 is 11.8 Å². The van der Waals surface area contributed by atoms with Gasteiger partial charge < -0.3 is 13.8 Å². The van der Waals surface area contributed by atoms with Gasteiger partial charge in [-0.15, -0.1) is 10.2 Å². The van der Waals surface area contributed by atoms with E-state index in [0.717, 1.165) is 41.7 Å². The molecule has 160 valence electrons. The first-order valence-electron chi connectivity index (χ1n) is 9.97. The van der Waals surface area contributed by atoms with Crippen molar-refractivity contribution in [3.63, 3.8) is 0 Å². The number of rotatable bonds is 9. The van der Waals surface area contributed by atoms with Gasteiger partial charge in [0.25, 0.3) is 5.89 Å². The van der Waals surface area contributed by atoms with Crippen LogP contribution < -0.4 is 4.74 Å². The number of hydrogen-bond acceptors (Lipinski definition) is 7. The Balaban J connectivity index is 1.51. The molecule has 0 atom stereocenters. The van der Waals surface area contributed by atoms with Gasteiger partial charge in [-0.1, -0.05) is 30.3 Å². The van der Waals surface area contributed by atoms with Gasteiger partial charge in [-0.3, -0.25) is 0 Å². The highest BCUT2D eigenvalue weighted by Gasteiger charge is 2.16. The van der Waals surface area contributed by atoms with E-state index >= 15 is 0 Å². The third kappa shape index (κ3) is 4.93. The van der Waals surface area contributed by atoms with Crippen LogP contribution in [0.4, 0.5) is 4.39 Å². The Kier molecular flexibility index (Phi) is 6.61.